The molecule has 0 aromatic heterocycles. The van der Waals surface area contributed by atoms with Crippen LogP contribution in [0.3, 0.4) is 0 Å². The molecule has 2 heteroatoms. The zero-order valence-electron chi connectivity index (χ0n) is 6.27. The minimum absolute atomic E-state index is 0. The van der Waals surface area contributed by atoms with E-state index in [1.54, 1.807) is 6.92 Å². The topological polar surface area (TPSA) is 17.1 Å². The molecule has 0 heterocycles. The molecule has 0 aromatic rings. The van der Waals surface area contributed by atoms with Gasteiger partial charge in [-0.2, -0.15) is 0 Å². The fourth-order valence-electron chi connectivity index (χ4n) is 0.469. The summed E-state index contributed by atoms with van der Waals surface area (Å²) in [6.45, 7) is 9.27. The normalized spacial score (nSPS) is 12.6. The fourth-order valence-corrected chi connectivity index (χ4v) is 0.469. The second kappa shape index (κ2) is 5.50. The van der Waals surface area contributed by atoms with Crippen molar-refractivity contribution in [2.24, 2.45) is 11.8 Å². The van der Waals surface area contributed by atoms with Crippen LogP contribution >= 0.6 is 0 Å². The molecule has 0 spiro atoms. The molecule has 0 rings (SSSR count). The van der Waals surface area contributed by atoms with Crippen molar-refractivity contribution in [1.82, 2.24) is 0 Å². The first-order valence-electron chi connectivity index (χ1n) is 2.89. The molecule has 0 bridgehead atoms. The summed E-state index contributed by atoms with van der Waals surface area (Å²) >= 11 is 0. The van der Waals surface area contributed by atoms with Crippen LogP contribution in [0.15, 0.2) is 0 Å². The maximum atomic E-state index is 10.5. The van der Waals surface area contributed by atoms with Gasteiger partial charge in [0.2, 0.25) is 0 Å². The van der Waals surface area contributed by atoms with E-state index in [0.717, 1.165) is 0 Å². The third-order valence-corrected chi connectivity index (χ3v) is 1.33. The smallest absolute Gasteiger partial charge is 0.103 e. The summed E-state index contributed by atoms with van der Waals surface area (Å²) in [4.78, 5) is 10.5. The van der Waals surface area contributed by atoms with E-state index in [4.69, 9.17) is 0 Å². The van der Waals surface area contributed by atoms with Gasteiger partial charge in [-0.1, -0.05) is 19.8 Å². The van der Waals surface area contributed by atoms with Crippen molar-refractivity contribution >= 4 is 5.78 Å². The third-order valence-electron chi connectivity index (χ3n) is 1.33. The van der Waals surface area contributed by atoms with Crippen LogP contribution in [0.25, 0.3) is 0 Å². The number of rotatable bonds is 2. The van der Waals surface area contributed by atoms with Crippen molar-refractivity contribution in [3.63, 3.8) is 0 Å². The quantitative estimate of drug-likeness (QED) is 0.692. The van der Waals surface area contributed by atoms with Crippen LogP contribution in [0.2, 0.25) is 0 Å². The van der Waals surface area contributed by atoms with E-state index < -0.39 is 0 Å². The van der Waals surface area contributed by atoms with Gasteiger partial charge in [-0.25, -0.2) is 0 Å². The molecule has 1 atom stereocenters. The van der Waals surface area contributed by atoms with E-state index in [2.05, 4.69) is 6.92 Å². The molecule has 1 unspecified atom stereocenters. The summed E-state index contributed by atoms with van der Waals surface area (Å²) in [6.07, 6.45) is 0. The molecule has 0 aliphatic carbocycles. The van der Waals surface area contributed by atoms with Gasteiger partial charge in [-0.15, -0.1) is 5.92 Å². The van der Waals surface area contributed by atoms with Gasteiger partial charge < -0.3 is 11.7 Å². The van der Waals surface area contributed by atoms with Crippen molar-refractivity contribution < 1.29 is 35.9 Å². The molecule has 0 aliphatic heterocycles. The van der Waals surface area contributed by atoms with Crippen LogP contribution in [-0.4, -0.2) is 5.78 Å². The average Bonchev–Trinajstić information content (AvgIpc) is 1.64. The van der Waals surface area contributed by atoms with Gasteiger partial charge in [-0.05, 0) is 6.92 Å². The maximum Gasteiger partial charge on any atom is 0.103 e. The van der Waals surface area contributed by atoms with E-state index in [0.29, 0.717) is 5.92 Å². The molecule has 0 amide bonds. The van der Waals surface area contributed by atoms with E-state index in [1.165, 1.54) is 0 Å². The van der Waals surface area contributed by atoms with Crippen molar-refractivity contribution in [3.05, 3.63) is 6.92 Å². The number of hydrogen-bond donors (Lipinski definition) is 0. The van der Waals surface area contributed by atoms with Crippen LogP contribution in [-0.2, 0) is 4.79 Å². The Labute approximate surface area is 81.0 Å². The largest absolute Gasteiger partial charge is 0.333 e. The first-order chi connectivity index (χ1) is 3.55. The molecule has 0 aliphatic rings. The third kappa shape index (κ3) is 5.18. The maximum absolute atomic E-state index is 10.5. The van der Waals surface area contributed by atoms with Crippen LogP contribution in [0.5, 0.6) is 0 Å². The predicted molar refractivity (Wildman–Crippen MR) is 34.4 cm³/mol. The minimum atomic E-state index is -0.0185. The Morgan fingerprint density at radius 2 is 1.78 bits per heavy atom. The Kier molecular flexibility index (Phi) is 7.58. The Balaban J connectivity index is 0. The fraction of sp³-hybridized carbons (Fsp3) is 0.714. The average molecular weight is 351 g/mol. The molecule has 0 saturated heterocycles. The first kappa shape index (κ1) is 12.4. The van der Waals surface area contributed by atoms with Gasteiger partial charge in [0, 0.05) is 31.1 Å². The Bertz CT molecular complexity index is 88.9. The summed E-state index contributed by atoms with van der Waals surface area (Å²) in [7, 11) is 0. The Hall–Kier alpha value is 0.722. The summed E-state index contributed by atoms with van der Waals surface area (Å²) < 4.78 is 0. The van der Waals surface area contributed by atoms with Crippen LogP contribution in [0.4, 0.5) is 0 Å². The molecule has 0 N–H and O–H groups in total. The first-order valence-corrected chi connectivity index (χ1v) is 2.89. The number of hydrogen-bond acceptors (Lipinski definition) is 1. The van der Waals surface area contributed by atoms with Crippen molar-refractivity contribution in [2.45, 2.75) is 20.8 Å². The molecular formula is C7H13OU-. The zero-order valence-corrected chi connectivity index (χ0v) is 10.4. The molecule has 1 nitrogen and oxygen atoms in total. The SMILES string of the molecule is [CH2-]C(C(C)=O)C(C)C.[U]. The molecule has 0 fully saturated rings. The molecule has 9 heavy (non-hydrogen) atoms. The summed E-state index contributed by atoms with van der Waals surface area (Å²) in [5, 5.41) is 0. The van der Waals surface area contributed by atoms with Gasteiger partial charge in [-0.3, -0.25) is 0 Å². The van der Waals surface area contributed by atoms with E-state index in [1.807, 2.05) is 13.8 Å². The minimum Gasteiger partial charge on any atom is -0.333 e. The predicted octanol–water partition coefficient (Wildman–Crippen LogP) is 1.68. The molecule has 0 saturated carbocycles. The van der Waals surface area contributed by atoms with Crippen molar-refractivity contribution in [1.29, 1.82) is 0 Å². The van der Waals surface area contributed by atoms with Crippen LogP contribution < -0.4 is 0 Å². The molecular weight excluding hydrogens is 338 g/mol. The molecule has 52 valence electrons. The number of carbonyl (C=O) groups is 1. The van der Waals surface area contributed by atoms with E-state index >= 15 is 0 Å². The van der Waals surface area contributed by atoms with E-state index in [-0.39, 0.29) is 42.8 Å². The number of carbonyl (C=O) groups excluding carboxylic acids is 1. The van der Waals surface area contributed by atoms with Gasteiger partial charge in [0.15, 0.2) is 0 Å². The van der Waals surface area contributed by atoms with Gasteiger partial charge >= 0.3 is 0 Å². The summed E-state index contributed by atoms with van der Waals surface area (Å²) in [5.74, 6) is 0.544. The van der Waals surface area contributed by atoms with Crippen LogP contribution in [0.1, 0.15) is 20.8 Å². The molecule has 0 radical (unpaired) electrons. The number of ketones is 1. The Morgan fingerprint density at radius 1 is 1.44 bits per heavy atom. The zero-order chi connectivity index (χ0) is 6.73. The van der Waals surface area contributed by atoms with Crippen molar-refractivity contribution in [3.8, 4) is 0 Å². The van der Waals surface area contributed by atoms with E-state index in [9.17, 15) is 4.79 Å². The molecule has 0 aromatic carbocycles. The monoisotopic (exact) mass is 351 g/mol. The van der Waals surface area contributed by atoms with Gasteiger partial charge in [0.05, 0.1) is 0 Å². The van der Waals surface area contributed by atoms with Crippen molar-refractivity contribution in [2.75, 3.05) is 0 Å². The van der Waals surface area contributed by atoms with Gasteiger partial charge in [0.25, 0.3) is 0 Å². The summed E-state index contributed by atoms with van der Waals surface area (Å²) in [5.41, 5.74) is 0. The second-order valence-electron chi connectivity index (χ2n) is 2.46. The Morgan fingerprint density at radius 3 is 1.78 bits per heavy atom. The number of Topliss-reactive ketones (excluding diaryl/α,β-unsaturated/α-hetero) is 1. The standard InChI is InChI=1S/C7H13O.U/c1-5(2)6(3)7(4)8;/h5-6H,3H2,1-2,4H3;/q-1;. The second-order valence-corrected chi connectivity index (χ2v) is 2.46. The van der Waals surface area contributed by atoms with Gasteiger partial charge in [0.1, 0.15) is 5.78 Å². The summed E-state index contributed by atoms with van der Waals surface area (Å²) in [6, 6.07) is 0. The van der Waals surface area contributed by atoms with Crippen LogP contribution in [0, 0.1) is 49.9 Å².